The Bertz CT molecular complexity index is 1180. The summed E-state index contributed by atoms with van der Waals surface area (Å²) in [5.74, 6) is 1.29. The molecule has 0 unspecified atom stereocenters. The molecule has 0 saturated heterocycles. The standard InChI is InChI=1S/C24H25N3O4/c1-15-6-8-18(9-7-15)25-24(29)27(19-4-2-3-5-19)13-17-10-16-11-21-22(31-14-30-21)12-20(16)26-23(17)28/h6-12,19H,2-5,13-14H2,1H3,(H,25,29)(H,26,28). The molecule has 160 valence electrons. The molecule has 0 radical (unpaired) electrons. The smallest absolute Gasteiger partial charge is 0.322 e. The number of pyridine rings is 1. The molecule has 0 atom stereocenters. The average Bonchev–Trinajstić information content (AvgIpc) is 3.44. The van der Waals surface area contributed by atoms with Gasteiger partial charge in [-0.2, -0.15) is 0 Å². The number of carbonyl (C=O) groups excluding carboxylic acids is 1. The highest BCUT2D eigenvalue weighted by atomic mass is 16.7. The number of ether oxygens (including phenoxy) is 2. The van der Waals surface area contributed by atoms with Gasteiger partial charge in [-0.3, -0.25) is 4.79 Å². The van der Waals surface area contributed by atoms with Gasteiger partial charge in [0, 0.05) is 28.7 Å². The Morgan fingerprint density at radius 3 is 2.55 bits per heavy atom. The van der Waals surface area contributed by atoms with E-state index in [4.69, 9.17) is 9.47 Å². The van der Waals surface area contributed by atoms with Crippen LogP contribution in [0.3, 0.4) is 0 Å². The largest absolute Gasteiger partial charge is 0.454 e. The number of benzene rings is 2. The second-order valence-corrected chi connectivity index (χ2v) is 8.28. The lowest BCUT2D eigenvalue weighted by Gasteiger charge is -2.29. The number of carbonyl (C=O) groups is 1. The van der Waals surface area contributed by atoms with Gasteiger partial charge in [-0.05, 0) is 44.0 Å². The lowest BCUT2D eigenvalue weighted by Crippen LogP contribution is -2.42. The van der Waals surface area contributed by atoms with E-state index in [1.54, 1.807) is 11.0 Å². The van der Waals surface area contributed by atoms with Crippen LogP contribution in [0, 0.1) is 6.92 Å². The fourth-order valence-corrected chi connectivity index (χ4v) is 4.36. The van der Waals surface area contributed by atoms with Crippen molar-refractivity contribution in [2.45, 2.75) is 45.2 Å². The Morgan fingerprint density at radius 1 is 1.10 bits per heavy atom. The molecule has 5 rings (SSSR count). The Morgan fingerprint density at radius 2 is 1.81 bits per heavy atom. The molecule has 1 fully saturated rings. The number of fused-ring (bicyclic) bond motifs is 2. The Kier molecular flexibility index (Phi) is 5.02. The van der Waals surface area contributed by atoms with Gasteiger partial charge in [-0.1, -0.05) is 30.5 Å². The summed E-state index contributed by atoms with van der Waals surface area (Å²) in [4.78, 5) is 30.7. The summed E-state index contributed by atoms with van der Waals surface area (Å²) in [6.07, 6.45) is 4.09. The van der Waals surface area contributed by atoms with Gasteiger partial charge < -0.3 is 24.7 Å². The third-order valence-electron chi connectivity index (χ3n) is 6.08. The quantitative estimate of drug-likeness (QED) is 0.650. The highest BCUT2D eigenvalue weighted by molar-refractivity contribution is 5.89. The van der Waals surface area contributed by atoms with Gasteiger partial charge in [0.05, 0.1) is 12.1 Å². The molecule has 2 N–H and O–H groups in total. The number of anilines is 1. The minimum absolute atomic E-state index is 0.122. The zero-order chi connectivity index (χ0) is 21.4. The lowest BCUT2D eigenvalue weighted by atomic mass is 10.1. The van der Waals surface area contributed by atoms with E-state index in [-0.39, 0.29) is 31.0 Å². The summed E-state index contributed by atoms with van der Waals surface area (Å²) in [5.41, 5.74) is 2.93. The fraction of sp³-hybridized carbons (Fsp3) is 0.333. The van der Waals surface area contributed by atoms with Crippen LogP contribution in [-0.2, 0) is 6.54 Å². The summed E-state index contributed by atoms with van der Waals surface area (Å²) >= 11 is 0. The van der Waals surface area contributed by atoms with E-state index in [2.05, 4.69) is 10.3 Å². The monoisotopic (exact) mass is 419 g/mol. The van der Waals surface area contributed by atoms with Crippen LogP contribution in [0.4, 0.5) is 10.5 Å². The molecule has 31 heavy (non-hydrogen) atoms. The van der Waals surface area contributed by atoms with Gasteiger partial charge in [0.1, 0.15) is 0 Å². The minimum atomic E-state index is -0.197. The van der Waals surface area contributed by atoms with Gasteiger partial charge in [0.15, 0.2) is 11.5 Å². The molecule has 1 aliphatic heterocycles. The molecule has 0 bridgehead atoms. The van der Waals surface area contributed by atoms with Crippen LogP contribution >= 0.6 is 0 Å². The molecule has 1 aliphatic carbocycles. The van der Waals surface area contributed by atoms with Gasteiger partial charge in [-0.15, -0.1) is 0 Å². The minimum Gasteiger partial charge on any atom is -0.454 e. The van der Waals surface area contributed by atoms with Crippen molar-refractivity contribution in [3.8, 4) is 11.5 Å². The van der Waals surface area contributed by atoms with Crippen LogP contribution in [0.25, 0.3) is 10.9 Å². The molecule has 2 amide bonds. The number of aromatic amines is 1. The Hall–Kier alpha value is -3.48. The van der Waals surface area contributed by atoms with Crippen LogP contribution in [-0.4, -0.2) is 28.7 Å². The van der Waals surface area contributed by atoms with Crippen molar-refractivity contribution in [3.05, 3.63) is 63.9 Å². The predicted molar refractivity (Wildman–Crippen MR) is 119 cm³/mol. The van der Waals surface area contributed by atoms with E-state index in [0.29, 0.717) is 22.6 Å². The molecule has 2 aromatic carbocycles. The van der Waals surface area contributed by atoms with Crippen molar-refractivity contribution in [1.82, 2.24) is 9.88 Å². The molecule has 2 aliphatic rings. The molecule has 2 heterocycles. The van der Waals surface area contributed by atoms with Crippen molar-refractivity contribution in [2.24, 2.45) is 0 Å². The van der Waals surface area contributed by atoms with Crippen molar-refractivity contribution in [2.75, 3.05) is 12.1 Å². The number of nitrogens with zero attached hydrogens (tertiary/aromatic N) is 1. The number of hydrogen-bond acceptors (Lipinski definition) is 4. The summed E-state index contributed by atoms with van der Waals surface area (Å²) in [6.45, 7) is 2.44. The van der Waals surface area contributed by atoms with E-state index < -0.39 is 0 Å². The number of H-pyrrole nitrogens is 1. The lowest BCUT2D eigenvalue weighted by molar-refractivity contribution is 0.174. The molecule has 7 heteroatoms. The van der Waals surface area contributed by atoms with Crippen molar-refractivity contribution in [3.63, 3.8) is 0 Å². The second-order valence-electron chi connectivity index (χ2n) is 8.28. The number of aryl methyl sites for hydroxylation is 1. The molecule has 0 spiro atoms. The molecule has 1 aromatic heterocycles. The highest BCUT2D eigenvalue weighted by Gasteiger charge is 2.28. The first-order chi connectivity index (χ1) is 15.1. The molecular weight excluding hydrogens is 394 g/mol. The molecule has 7 nitrogen and oxygen atoms in total. The molecule has 1 saturated carbocycles. The Labute approximate surface area is 180 Å². The maximum atomic E-state index is 13.2. The Balaban J connectivity index is 1.44. The topological polar surface area (TPSA) is 83.7 Å². The van der Waals surface area contributed by atoms with E-state index in [0.717, 1.165) is 42.3 Å². The maximum Gasteiger partial charge on any atom is 0.322 e. The third kappa shape index (κ3) is 3.95. The van der Waals surface area contributed by atoms with Gasteiger partial charge >= 0.3 is 6.03 Å². The first-order valence-corrected chi connectivity index (χ1v) is 10.7. The van der Waals surface area contributed by atoms with E-state index >= 15 is 0 Å². The zero-order valence-corrected chi connectivity index (χ0v) is 17.4. The van der Waals surface area contributed by atoms with Crippen molar-refractivity contribution < 1.29 is 14.3 Å². The zero-order valence-electron chi connectivity index (χ0n) is 17.4. The summed E-state index contributed by atoms with van der Waals surface area (Å²) in [6, 6.07) is 13.2. The van der Waals surface area contributed by atoms with Crippen LogP contribution < -0.4 is 20.3 Å². The second kappa shape index (κ2) is 7.98. The van der Waals surface area contributed by atoms with Gasteiger partial charge in [0.2, 0.25) is 6.79 Å². The van der Waals surface area contributed by atoms with E-state index in [1.807, 2.05) is 43.3 Å². The van der Waals surface area contributed by atoms with Crippen LogP contribution in [0.2, 0.25) is 0 Å². The van der Waals surface area contributed by atoms with Crippen LogP contribution in [0.1, 0.15) is 36.8 Å². The fourth-order valence-electron chi connectivity index (χ4n) is 4.36. The summed E-state index contributed by atoms with van der Waals surface area (Å²) < 4.78 is 10.9. The van der Waals surface area contributed by atoms with Gasteiger partial charge in [-0.25, -0.2) is 4.79 Å². The van der Waals surface area contributed by atoms with Crippen LogP contribution in [0.5, 0.6) is 11.5 Å². The summed E-state index contributed by atoms with van der Waals surface area (Å²) in [5, 5.41) is 3.85. The van der Waals surface area contributed by atoms with Gasteiger partial charge in [0.25, 0.3) is 5.56 Å². The van der Waals surface area contributed by atoms with Crippen LogP contribution in [0.15, 0.2) is 47.3 Å². The first kappa shape index (κ1) is 19.5. The number of rotatable bonds is 4. The normalized spacial score (nSPS) is 15.4. The van der Waals surface area contributed by atoms with E-state index in [1.165, 1.54) is 0 Å². The maximum absolute atomic E-state index is 13.2. The summed E-state index contributed by atoms with van der Waals surface area (Å²) in [7, 11) is 0. The SMILES string of the molecule is Cc1ccc(NC(=O)N(Cc2cc3cc4c(cc3[nH]c2=O)OCO4)C2CCCC2)cc1. The molecule has 3 aromatic rings. The van der Waals surface area contributed by atoms with Crippen molar-refractivity contribution in [1.29, 1.82) is 0 Å². The molecular formula is C24H25N3O4. The first-order valence-electron chi connectivity index (χ1n) is 10.7. The third-order valence-corrected chi connectivity index (χ3v) is 6.08. The van der Waals surface area contributed by atoms with E-state index in [9.17, 15) is 9.59 Å². The number of aromatic nitrogens is 1. The number of urea groups is 1. The number of nitrogens with one attached hydrogen (secondary N) is 2. The highest BCUT2D eigenvalue weighted by Crippen LogP contribution is 2.35. The number of hydrogen-bond donors (Lipinski definition) is 2. The average molecular weight is 419 g/mol. The predicted octanol–water partition coefficient (Wildman–Crippen LogP) is 4.54. The van der Waals surface area contributed by atoms with Crippen molar-refractivity contribution >= 4 is 22.6 Å². The number of amides is 2.